The topological polar surface area (TPSA) is 114 Å². The Morgan fingerprint density at radius 2 is 1.82 bits per heavy atom. The SMILES string of the molecule is CC(=O)[C@H](CC(=O)N1CCCC(CCOc2ccc(C)c(CNC(=O)[C@@H](C)CCc3ccccc3)c2)C1)NC(=O)CCOCC1CC2CCC1C2. The van der Waals surface area contributed by atoms with E-state index in [1.807, 2.05) is 55.1 Å². The number of likely N-dealkylation sites (tertiary alicyclic amines) is 1. The number of fused-ring (bicyclic) bond motifs is 2. The Hall–Kier alpha value is -3.72. The third-order valence-corrected chi connectivity index (χ3v) is 11.5. The molecule has 0 radical (unpaired) electrons. The number of Topliss-reactive ketones (excluding diaryl/α,β-unsaturated/α-hetero) is 1. The van der Waals surface area contributed by atoms with Gasteiger partial charge in [-0.25, -0.2) is 0 Å². The van der Waals surface area contributed by atoms with E-state index in [-0.39, 0.29) is 42.3 Å². The van der Waals surface area contributed by atoms with Crippen molar-refractivity contribution in [1.29, 1.82) is 0 Å². The van der Waals surface area contributed by atoms with Gasteiger partial charge in [-0.15, -0.1) is 0 Å². The van der Waals surface area contributed by atoms with Crippen LogP contribution >= 0.6 is 0 Å². The van der Waals surface area contributed by atoms with Crippen LogP contribution in [0.4, 0.5) is 0 Å². The number of piperidine rings is 1. The van der Waals surface area contributed by atoms with Gasteiger partial charge in [-0.05, 0) is 118 Å². The number of nitrogens with one attached hydrogen (secondary N) is 2. The fourth-order valence-corrected chi connectivity index (χ4v) is 8.16. The minimum atomic E-state index is -0.822. The molecule has 2 saturated carbocycles. The first-order valence-electron chi connectivity index (χ1n) is 19.3. The Bertz CT molecular complexity index is 1460. The van der Waals surface area contributed by atoms with Gasteiger partial charge in [0.15, 0.2) is 5.78 Å². The molecule has 3 aliphatic rings. The molecule has 1 aliphatic heterocycles. The maximum Gasteiger partial charge on any atom is 0.225 e. The zero-order valence-electron chi connectivity index (χ0n) is 31.0. The van der Waals surface area contributed by atoms with Crippen LogP contribution in [0.1, 0.15) is 94.7 Å². The standard InChI is InChI=1S/C42H59N3O6/c1-29-12-16-38(24-36(29)26-43-42(49)30(2)11-13-32-8-5-4-6-9-32)51-21-17-33-10-7-19-45(27-33)41(48)25-39(31(3)46)44-40(47)18-20-50-28-37-23-34-14-15-35(37)22-34/h4-6,8-9,12,16,24,30,33-35,37,39H,7,10-11,13-15,17-23,25-28H2,1-3H3,(H,43,49)(H,44,47)/t30-,33?,34?,35?,37?,39-/m0/s1. The molecule has 5 rings (SSSR count). The summed E-state index contributed by atoms with van der Waals surface area (Å²) in [5.74, 6) is 2.75. The first-order chi connectivity index (χ1) is 24.6. The largest absolute Gasteiger partial charge is 0.494 e. The number of ketones is 1. The molecule has 6 atom stereocenters. The van der Waals surface area contributed by atoms with E-state index in [1.165, 1.54) is 38.2 Å². The van der Waals surface area contributed by atoms with E-state index in [1.54, 1.807) is 0 Å². The monoisotopic (exact) mass is 701 g/mol. The summed E-state index contributed by atoms with van der Waals surface area (Å²) >= 11 is 0. The molecule has 2 N–H and O–H groups in total. The van der Waals surface area contributed by atoms with Crippen LogP contribution in [0.15, 0.2) is 48.5 Å². The lowest BCUT2D eigenvalue weighted by molar-refractivity contribution is -0.136. The summed E-state index contributed by atoms with van der Waals surface area (Å²) in [5, 5.41) is 5.89. The summed E-state index contributed by atoms with van der Waals surface area (Å²) in [6.07, 6.45) is 9.80. The van der Waals surface area contributed by atoms with Crippen molar-refractivity contribution in [2.75, 3.05) is 32.9 Å². The third kappa shape index (κ3) is 11.9. The van der Waals surface area contributed by atoms with Crippen molar-refractivity contribution in [3.05, 3.63) is 65.2 Å². The van der Waals surface area contributed by atoms with Crippen molar-refractivity contribution in [3.8, 4) is 5.75 Å². The summed E-state index contributed by atoms with van der Waals surface area (Å²) < 4.78 is 12.0. The van der Waals surface area contributed by atoms with Crippen molar-refractivity contribution < 1.29 is 28.7 Å². The van der Waals surface area contributed by atoms with Gasteiger partial charge < -0.3 is 25.0 Å². The smallest absolute Gasteiger partial charge is 0.225 e. The van der Waals surface area contributed by atoms with E-state index in [9.17, 15) is 19.2 Å². The third-order valence-electron chi connectivity index (χ3n) is 11.5. The second-order valence-electron chi connectivity index (χ2n) is 15.4. The van der Waals surface area contributed by atoms with Crippen molar-refractivity contribution in [2.24, 2.45) is 29.6 Å². The summed E-state index contributed by atoms with van der Waals surface area (Å²) in [5.41, 5.74) is 3.37. The molecule has 51 heavy (non-hydrogen) atoms. The van der Waals surface area contributed by atoms with E-state index in [0.29, 0.717) is 51.3 Å². The maximum atomic E-state index is 13.3. The number of rotatable bonds is 19. The first-order valence-corrected chi connectivity index (χ1v) is 19.3. The highest BCUT2D eigenvalue weighted by molar-refractivity contribution is 5.92. The molecule has 0 spiro atoms. The van der Waals surface area contributed by atoms with E-state index < -0.39 is 6.04 Å². The van der Waals surface area contributed by atoms with Gasteiger partial charge in [-0.2, -0.15) is 0 Å². The molecule has 4 unspecified atom stereocenters. The first kappa shape index (κ1) is 38.5. The number of carbonyl (C=O) groups is 4. The van der Waals surface area contributed by atoms with E-state index in [2.05, 4.69) is 22.8 Å². The molecule has 3 fully saturated rings. The molecule has 0 aromatic heterocycles. The van der Waals surface area contributed by atoms with Gasteiger partial charge in [-0.3, -0.25) is 19.2 Å². The lowest BCUT2D eigenvalue weighted by atomic mass is 9.90. The maximum absolute atomic E-state index is 13.3. The number of amides is 3. The van der Waals surface area contributed by atoms with Crippen LogP contribution in [0, 0.1) is 36.5 Å². The number of benzene rings is 2. The van der Waals surface area contributed by atoms with Crippen molar-refractivity contribution in [1.82, 2.24) is 15.5 Å². The quantitative estimate of drug-likeness (QED) is 0.169. The molecule has 2 aromatic carbocycles. The Kier molecular flexibility index (Phi) is 14.5. The minimum absolute atomic E-state index is 0.0230. The molecule has 2 aliphatic carbocycles. The van der Waals surface area contributed by atoms with Crippen LogP contribution in [0.25, 0.3) is 0 Å². The van der Waals surface area contributed by atoms with Crippen LogP contribution < -0.4 is 15.4 Å². The van der Waals surface area contributed by atoms with Crippen molar-refractivity contribution in [3.63, 3.8) is 0 Å². The highest BCUT2D eigenvalue weighted by Crippen LogP contribution is 2.48. The second kappa shape index (κ2) is 19.2. The molecule has 278 valence electrons. The Labute approximate surface area is 304 Å². The second-order valence-corrected chi connectivity index (χ2v) is 15.4. The van der Waals surface area contributed by atoms with Crippen LogP contribution in [0.5, 0.6) is 5.75 Å². The van der Waals surface area contributed by atoms with Crippen LogP contribution in [-0.2, 0) is 36.9 Å². The highest BCUT2D eigenvalue weighted by atomic mass is 16.5. The van der Waals surface area contributed by atoms with Crippen LogP contribution in [0.3, 0.4) is 0 Å². The molecule has 3 amide bonds. The highest BCUT2D eigenvalue weighted by Gasteiger charge is 2.39. The fraction of sp³-hybridized carbons (Fsp3) is 0.619. The Morgan fingerprint density at radius 1 is 1.00 bits per heavy atom. The van der Waals surface area contributed by atoms with Gasteiger partial charge in [-0.1, -0.05) is 49.7 Å². The van der Waals surface area contributed by atoms with Crippen LogP contribution in [-0.4, -0.2) is 67.4 Å². The lowest BCUT2D eigenvalue weighted by Gasteiger charge is -2.33. The number of nitrogens with zero attached hydrogens (tertiary/aromatic N) is 1. The van der Waals surface area contributed by atoms with Gasteiger partial charge in [0.05, 0.1) is 25.7 Å². The number of carbonyl (C=O) groups excluding carboxylic acids is 4. The van der Waals surface area contributed by atoms with Gasteiger partial charge in [0, 0.05) is 38.6 Å². The van der Waals surface area contributed by atoms with Gasteiger partial charge in [0.2, 0.25) is 17.7 Å². The molecule has 1 saturated heterocycles. The number of aryl methyl sites for hydroxylation is 2. The normalized spacial score (nSPS) is 22.3. The Morgan fingerprint density at radius 3 is 2.57 bits per heavy atom. The van der Waals surface area contributed by atoms with E-state index in [0.717, 1.165) is 60.8 Å². The summed E-state index contributed by atoms with van der Waals surface area (Å²) in [6.45, 7) is 8.74. The molecular weight excluding hydrogens is 642 g/mol. The zero-order valence-corrected chi connectivity index (χ0v) is 31.0. The van der Waals surface area contributed by atoms with Crippen molar-refractivity contribution in [2.45, 2.75) is 104 Å². The van der Waals surface area contributed by atoms with E-state index >= 15 is 0 Å². The number of hydrogen-bond acceptors (Lipinski definition) is 6. The van der Waals surface area contributed by atoms with Crippen molar-refractivity contribution >= 4 is 23.5 Å². The molecule has 1 heterocycles. The molecule has 9 heteroatoms. The summed E-state index contributed by atoms with van der Waals surface area (Å²) in [6, 6.07) is 15.4. The fourth-order valence-electron chi connectivity index (χ4n) is 8.16. The lowest BCUT2D eigenvalue weighted by Crippen LogP contribution is -2.46. The summed E-state index contributed by atoms with van der Waals surface area (Å²) in [4.78, 5) is 52.9. The molecule has 9 nitrogen and oxygen atoms in total. The predicted octanol–water partition coefficient (Wildman–Crippen LogP) is 6.19. The molecule has 2 aromatic rings. The Balaban J connectivity index is 0.989. The predicted molar refractivity (Wildman–Crippen MR) is 198 cm³/mol. The minimum Gasteiger partial charge on any atom is -0.494 e. The molecule has 2 bridgehead atoms. The van der Waals surface area contributed by atoms with E-state index in [4.69, 9.17) is 9.47 Å². The number of hydrogen-bond donors (Lipinski definition) is 2. The number of ether oxygens (including phenoxy) is 2. The van der Waals surface area contributed by atoms with Gasteiger partial charge >= 0.3 is 0 Å². The average molecular weight is 702 g/mol. The van der Waals surface area contributed by atoms with Crippen LogP contribution in [0.2, 0.25) is 0 Å². The van der Waals surface area contributed by atoms with Gasteiger partial charge in [0.1, 0.15) is 5.75 Å². The average Bonchev–Trinajstić information content (AvgIpc) is 3.76. The molecular formula is C42H59N3O6. The summed E-state index contributed by atoms with van der Waals surface area (Å²) in [7, 11) is 0. The zero-order chi connectivity index (χ0) is 36.2. The van der Waals surface area contributed by atoms with Gasteiger partial charge in [0.25, 0.3) is 0 Å².